The number of hydrogen-bond donors (Lipinski definition) is 1. The summed E-state index contributed by atoms with van der Waals surface area (Å²) in [6, 6.07) is 16.3. The van der Waals surface area contributed by atoms with Gasteiger partial charge in [0.2, 0.25) is 0 Å². The third kappa shape index (κ3) is 5.97. The quantitative estimate of drug-likeness (QED) is 0.599. The zero-order valence-electron chi connectivity index (χ0n) is 14.4. The molecule has 2 rings (SSSR count). The molecular weight excluding hydrogens is 301 g/mol. The summed E-state index contributed by atoms with van der Waals surface area (Å²) in [5.41, 5.74) is 5.94. The van der Waals surface area contributed by atoms with Crippen LogP contribution in [0.4, 0.5) is 10.1 Å². The maximum atomic E-state index is 13.0. The van der Waals surface area contributed by atoms with Crippen LogP contribution in [-0.2, 0) is 0 Å². The Morgan fingerprint density at radius 2 is 1.79 bits per heavy atom. The van der Waals surface area contributed by atoms with Crippen molar-refractivity contribution in [1.29, 1.82) is 0 Å². The Morgan fingerprint density at radius 1 is 1.12 bits per heavy atom. The van der Waals surface area contributed by atoms with Gasteiger partial charge in [-0.3, -0.25) is 5.43 Å². The van der Waals surface area contributed by atoms with Crippen LogP contribution in [0.25, 0.3) is 6.08 Å². The fourth-order valence-electron chi connectivity index (χ4n) is 2.35. The van der Waals surface area contributed by atoms with Gasteiger partial charge in [0.15, 0.2) is 0 Å². The Kier molecular flexibility index (Phi) is 6.70. The summed E-state index contributed by atoms with van der Waals surface area (Å²) in [4.78, 5) is 2.13. The van der Waals surface area contributed by atoms with Crippen molar-refractivity contribution in [2.24, 2.45) is 11.0 Å². The monoisotopic (exact) mass is 325 g/mol. The molecule has 3 nitrogen and oxygen atoms in total. The molecule has 1 N–H and O–H groups in total. The van der Waals surface area contributed by atoms with Crippen molar-refractivity contribution in [2.45, 2.75) is 6.92 Å². The first-order chi connectivity index (χ1) is 11.5. The molecule has 0 saturated heterocycles. The second-order valence-corrected chi connectivity index (χ2v) is 6.06. The Hall–Kier alpha value is -2.46. The lowest BCUT2D eigenvalue weighted by Gasteiger charge is -2.17. The predicted octanol–water partition coefficient (Wildman–Crippen LogP) is 4.50. The van der Waals surface area contributed by atoms with E-state index in [0.29, 0.717) is 0 Å². The molecule has 1 unspecified atom stereocenters. The van der Waals surface area contributed by atoms with Gasteiger partial charge in [-0.05, 0) is 50.0 Å². The Morgan fingerprint density at radius 3 is 2.42 bits per heavy atom. The lowest BCUT2D eigenvalue weighted by molar-refractivity contribution is 0.381. The standard InChI is InChI=1S/C20H24FN3/c1-16(15-24(2)3)20(23-22-19-7-5-4-6-8-19)14-11-17-9-12-18(21)13-10-17/h4-14,16,22H,15H2,1-3H3/b14-11+,23-20-. The average molecular weight is 325 g/mol. The van der Waals surface area contributed by atoms with Crippen molar-refractivity contribution in [1.82, 2.24) is 4.90 Å². The predicted molar refractivity (Wildman–Crippen MR) is 101 cm³/mol. The minimum Gasteiger partial charge on any atom is -0.309 e. The zero-order chi connectivity index (χ0) is 17.4. The van der Waals surface area contributed by atoms with Gasteiger partial charge in [0.25, 0.3) is 0 Å². The SMILES string of the molecule is CC(CN(C)C)C(/C=C/c1ccc(F)cc1)=N\Nc1ccccc1. The Bertz CT molecular complexity index is 676. The van der Waals surface area contributed by atoms with E-state index in [9.17, 15) is 4.39 Å². The number of rotatable bonds is 7. The van der Waals surface area contributed by atoms with Crippen LogP contribution >= 0.6 is 0 Å². The van der Waals surface area contributed by atoms with Crippen LogP contribution in [-0.4, -0.2) is 31.3 Å². The van der Waals surface area contributed by atoms with E-state index >= 15 is 0 Å². The van der Waals surface area contributed by atoms with Gasteiger partial charge in [0, 0.05) is 12.5 Å². The van der Waals surface area contributed by atoms with Gasteiger partial charge in [0.1, 0.15) is 5.82 Å². The highest BCUT2D eigenvalue weighted by atomic mass is 19.1. The molecule has 0 spiro atoms. The molecule has 0 aliphatic heterocycles. The molecule has 2 aromatic rings. The van der Waals surface area contributed by atoms with Crippen molar-refractivity contribution in [3.63, 3.8) is 0 Å². The van der Waals surface area contributed by atoms with Gasteiger partial charge >= 0.3 is 0 Å². The summed E-state index contributed by atoms with van der Waals surface area (Å²) in [5.74, 6) is 0.0284. The number of benzene rings is 2. The third-order valence-corrected chi connectivity index (χ3v) is 3.55. The third-order valence-electron chi connectivity index (χ3n) is 3.55. The van der Waals surface area contributed by atoms with E-state index in [2.05, 4.69) is 22.4 Å². The summed E-state index contributed by atoms with van der Waals surface area (Å²) >= 11 is 0. The number of hydrazone groups is 1. The van der Waals surface area contributed by atoms with E-state index in [1.165, 1.54) is 12.1 Å². The summed E-state index contributed by atoms with van der Waals surface area (Å²) in [6.45, 7) is 3.03. The summed E-state index contributed by atoms with van der Waals surface area (Å²) < 4.78 is 13.0. The molecule has 0 aromatic heterocycles. The molecule has 0 saturated carbocycles. The highest BCUT2D eigenvalue weighted by Crippen LogP contribution is 2.10. The fraction of sp³-hybridized carbons (Fsp3) is 0.250. The number of para-hydroxylation sites is 1. The van der Waals surface area contributed by atoms with Crippen LogP contribution in [0.3, 0.4) is 0 Å². The minimum absolute atomic E-state index is 0.229. The van der Waals surface area contributed by atoms with Crippen molar-refractivity contribution in [2.75, 3.05) is 26.1 Å². The van der Waals surface area contributed by atoms with Crippen molar-refractivity contribution >= 4 is 17.5 Å². The molecule has 0 amide bonds. The molecule has 0 radical (unpaired) electrons. The van der Waals surface area contributed by atoms with Crippen molar-refractivity contribution in [3.05, 3.63) is 72.1 Å². The number of nitrogens with zero attached hydrogens (tertiary/aromatic N) is 2. The Balaban J connectivity index is 2.16. The van der Waals surface area contributed by atoms with Crippen LogP contribution < -0.4 is 5.43 Å². The second kappa shape index (κ2) is 8.99. The van der Waals surface area contributed by atoms with Crippen LogP contribution in [0.5, 0.6) is 0 Å². The van der Waals surface area contributed by atoms with E-state index < -0.39 is 0 Å². The first-order valence-electron chi connectivity index (χ1n) is 8.01. The fourth-order valence-corrected chi connectivity index (χ4v) is 2.35. The molecule has 0 fully saturated rings. The van der Waals surface area contributed by atoms with E-state index in [0.717, 1.165) is 23.5 Å². The molecule has 2 aromatic carbocycles. The van der Waals surface area contributed by atoms with Gasteiger partial charge in [-0.15, -0.1) is 0 Å². The van der Waals surface area contributed by atoms with Crippen LogP contribution in [0.15, 0.2) is 65.8 Å². The average Bonchev–Trinajstić information content (AvgIpc) is 2.56. The molecule has 24 heavy (non-hydrogen) atoms. The Labute approximate surface area is 143 Å². The smallest absolute Gasteiger partial charge is 0.123 e. The normalized spacial score (nSPS) is 13.5. The van der Waals surface area contributed by atoms with Gasteiger partial charge < -0.3 is 4.90 Å². The maximum absolute atomic E-state index is 13.0. The number of halogens is 1. The lowest BCUT2D eigenvalue weighted by Crippen LogP contribution is -2.25. The van der Waals surface area contributed by atoms with Gasteiger partial charge in [-0.1, -0.05) is 43.3 Å². The van der Waals surface area contributed by atoms with E-state index in [4.69, 9.17) is 0 Å². The molecule has 0 aliphatic rings. The van der Waals surface area contributed by atoms with Crippen LogP contribution in [0.2, 0.25) is 0 Å². The molecule has 0 bridgehead atoms. The van der Waals surface area contributed by atoms with E-state index in [-0.39, 0.29) is 11.7 Å². The van der Waals surface area contributed by atoms with Gasteiger partial charge in [-0.25, -0.2) is 4.39 Å². The largest absolute Gasteiger partial charge is 0.309 e. The van der Waals surface area contributed by atoms with E-state index in [1.807, 2.05) is 56.6 Å². The van der Waals surface area contributed by atoms with Crippen molar-refractivity contribution < 1.29 is 4.39 Å². The molecule has 0 heterocycles. The summed E-state index contributed by atoms with van der Waals surface area (Å²) in [5, 5.41) is 4.56. The molecule has 1 atom stereocenters. The second-order valence-electron chi connectivity index (χ2n) is 6.06. The van der Waals surface area contributed by atoms with Crippen molar-refractivity contribution in [3.8, 4) is 0 Å². The topological polar surface area (TPSA) is 27.6 Å². The highest BCUT2D eigenvalue weighted by molar-refractivity contribution is 6.00. The molecule has 0 aliphatic carbocycles. The first kappa shape index (κ1) is 17.9. The zero-order valence-corrected chi connectivity index (χ0v) is 14.4. The lowest BCUT2D eigenvalue weighted by atomic mass is 10.0. The van der Waals surface area contributed by atoms with Crippen LogP contribution in [0, 0.1) is 11.7 Å². The summed E-state index contributed by atoms with van der Waals surface area (Å²) in [7, 11) is 4.09. The summed E-state index contributed by atoms with van der Waals surface area (Å²) in [6.07, 6.45) is 3.94. The first-order valence-corrected chi connectivity index (χ1v) is 8.01. The van der Waals surface area contributed by atoms with Crippen LogP contribution in [0.1, 0.15) is 12.5 Å². The molecular formula is C20H24FN3. The number of nitrogens with one attached hydrogen (secondary N) is 1. The maximum Gasteiger partial charge on any atom is 0.123 e. The van der Waals surface area contributed by atoms with Gasteiger partial charge in [0.05, 0.1) is 11.4 Å². The molecule has 126 valence electrons. The van der Waals surface area contributed by atoms with E-state index in [1.54, 1.807) is 12.1 Å². The minimum atomic E-state index is -0.229. The number of allylic oxidation sites excluding steroid dienone is 1. The molecule has 4 heteroatoms. The number of hydrogen-bond acceptors (Lipinski definition) is 3. The van der Waals surface area contributed by atoms with Gasteiger partial charge in [-0.2, -0.15) is 5.10 Å². The highest BCUT2D eigenvalue weighted by Gasteiger charge is 2.09. The number of anilines is 1.